The first-order chi connectivity index (χ1) is 9.74. The first kappa shape index (κ1) is 11.8. The third kappa shape index (κ3) is 1.63. The van der Waals surface area contributed by atoms with Gasteiger partial charge in [0, 0.05) is 29.9 Å². The Morgan fingerprint density at radius 1 is 1.25 bits per heavy atom. The number of halogens is 1. The van der Waals surface area contributed by atoms with Gasteiger partial charge in [0.1, 0.15) is 0 Å². The van der Waals surface area contributed by atoms with Crippen LogP contribution in [0.1, 0.15) is 24.1 Å². The lowest BCUT2D eigenvalue weighted by atomic mass is 10.1. The highest BCUT2D eigenvalue weighted by Crippen LogP contribution is 2.37. The second-order valence-corrected chi connectivity index (χ2v) is 5.60. The Morgan fingerprint density at radius 3 is 2.95 bits per heavy atom. The van der Waals surface area contributed by atoms with Crippen LogP contribution in [0.2, 0.25) is 0 Å². The normalized spacial score (nSPS) is 17.7. The Kier molecular flexibility index (Phi) is 2.51. The molecule has 100 valence electrons. The molecule has 2 aromatic heterocycles. The maximum absolute atomic E-state index is 6.03. The Labute approximate surface area is 122 Å². The molecule has 0 saturated carbocycles. The van der Waals surface area contributed by atoms with Gasteiger partial charge in [-0.2, -0.15) is 0 Å². The van der Waals surface area contributed by atoms with Crippen molar-refractivity contribution in [1.82, 2.24) is 9.07 Å². The van der Waals surface area contributed by atoms with Gasteiger partial charge in [-0.1, -0.05) is 24.3 Å². The fourth-order valence-corrected chi connectivity index (χ4v) is 3.22. The van der Waals surface area contributed by atoms with Gasteiger partial charge in [0.05, 0.1) is 17.9 Å². The highest BCUT2D eigenvalue weighted by Gasteiger charge is 2.26. The molecule has 20 heavy (non-hydrogen) atoms. The van der Waals surface area contributed by atoms with Crippen molar-refractivity contribution in [2.75, 3.05) is 4.90 Å². The molecule has 1 aromatic carbocycles. The zero-order valence-electron chi connectivity index (χ0n) is 11.1. The molecule has 0 radical (unpaired) electrons. The molecule has 4 heteroatoms. The zero-order valence-corrected chi connectivity index (χ0v) is 11.9. The molecule has 1 unspecified atom stereocenters. The first-order valence-electron chi connectivity index (χ1n) is 6.72. The van der Waals surface area contributed by atoms with E-state index in [0.717, 1.165) is 23.3 Å². The quantitative estimate of drug-likeness (QED) is 0.670. The number of fused-ring (bicyclic) bond motifs is 2. The molecule has 1 atom stereocenters. The molecule has 0 amide bonds. The summed E-state index contributed by atoms with van der Waals surface area (Å²) in [5, 5.41) is 1.07. The molecule has 1 aliphatic rings. The van der Waals surface area contributed by atoms with E-state index in [4.69, 9.17) is 11.8 Å². The SMILES string of the molecule is CC1c2ccccc2CN1c1cnc2c(ccn2Cl)c1. The van der Waals surface area contributed by atoms with Crippen LogP contribution in [-0.2, 0) is 6.54 Å². The van der Waals surface area contributed by atoms with Crippen molar-refractivity contribution >= 4 is 28.5 Å². The largest absolute Gasteiger partial charge is 0.359 e. The third-order valence-electron chi connectivity index (χ3n) is 4.11. The lowest BCUT2D eigenvalue weighted by Gasteiger charge is -2.24. The summed E-state index contributed by atoms with van der Waals surface area (Å²) in [5.41, 5.74) is 4.75. The number of anilines is 1. The Morgan fingerprint density at radius 2 is 2.10 bits per heavy atom. The number of pyridine rings is 1. The molecule has 1 aliphatic heterocycles. The van der Waals surface area contributed by atoms with Gasteiger partial charge in [0.25, 0.3) is 0 Å². The first-order valence-corrected chi connectivity index (χ1v) is 7.05. The average Bonchev–Trinajstić information content (AvgIpc) is 3.01. The molecule has 0 aliphatic carbocycles. The van der Waals surface area contributed by atoms with Crippen molar-refractivity contribution in [1.29, 1.82) is 0 Å². The number of hydrogen-bond donors (Lipinski definition) is 0. The van der Waals surface area contributed by atoms with E-state index in [-0.39, 0.29) is 0 Å². The van der Waals surface area contributed by atoms with Crippen LogP contribution in [0.4, 0.5) is 5.69 Å². The summed E-state index contributed by atoms with van der Waals surface area (Å²) in [5.74, 6) is 0. The highest BCUT2D eigenvalue weighted by molar-refractivity contribution is 6.18. The van der Waals surface area contributed by atoms with Crippen molar-refractivity contribution in [3.63, 3.8) is 0 Å². The molecule has 3 nitrogen and oxygen atoms in total. The summed E-state index contributed by atoms with van der Waals surface area (Å²) in [6, 6.07) is 13.1. The second-order valence-electron chi connectivity index (χ2n) is 5.24. The lowest BCUT2D eigenvalue weighted by molar-refractivity contribution is 0.731. The van der Waals surface area contributed by atoms with Crippen molar-refractivity contribution in [3.05, 3.63) is 59.9 Å². The Hall–Kier alpha value is -2.00. The second kappa shape index (κ2) is 4.25. The summed E-state index contributed by atoms with van der Waals surface area (Å²) in [6.07, 6.45) is 3.73. The van der Waals surface area contributed by atoms with Gasteiger partial charge in [-0.25, -0.2) is 9.07 Å². The van der Waals surface area contributed by atoms with Crippen LogP contribution in [0, 0.1) is 0 Å². The van der Waals surface area contributed by atoms with E-state index in [2.05, 4.69) is 47.1 Å². The lowest BCUT2D eigenvalue weighted by Crippen LogP contribution is -2.18. The number of benzene rings is 1. The van der Waals surface area contributed by atoms with Crippen LogP contribution in [0.3, 0.4) is 0 Å². The fraction of sp³-hybridized carbons (Fsp3) is 0.188. The minimum Gasteiger partial charge on any atom is -0.359 e. The van der Waals surface area contributed by atoms with E-state index in [1.165, 1.54) is 15.2 Å². The molecule has 4 rings (SSSR count). The van der Waals surface area contributed by atoms with Crippen molar-refractivity contribution in [3.8, 4) is 0 Å². The molecule has 0 bridgehead atoms. The van der Waals surface area contributed by atoms with Crippen LogP contribution in [0.25, 0.3) is 11.0 Å². The molecule has 3 heterocycles. The van der Waals surface area contributed by atoms with Gasteiger partial charge in [-0.15, -0.1) is 0 Å². The number of hydrogen-bond acceptors (Lipinski definition) is 2. The minimum atomic E-state index is 0.378. The van der Waals surface area contributed by atoms with Gasteiger partial charge >= 0.3 is 0 Å². The van der Waals surface area contributed by atoms with E-state index in [0.29, 0.717) is 6.04 Å². The van der Waals surface area contributed by atoms with E-state index in [1.807, 2.05) is 18.5 Å². The number of rotatable bonds is 1. The summed E-state index contributed by atoms with van der Waals surface area (Å²) < 4.78 is 1.53. The van der Waals surface area contributed by atoms with E-state index >= 15 is 0 Å². The smallest absolute Gasteiger partial charge is 0.154 e. The van der Waals surface area contributed by atoms with E-state index in [9.17, 15) is 0 Å². The maximum Gasteiger partial charge on any atom is 0.154 e. The molecular weight excluding hydrogens is 270 g/mol. The molecule has 0 saturated heterocycles. The monoisotopic (exact) mass is 283 g/mol. The van der Waals surface area contributed by atoms with Gasteiger partial charge < -0.3 is 4.90 Å². The van der Waals surface area contributed by atoms with Crippen LogP contribution < -0.4 is 4.90 Å². The fourth-order valence-electron chi connectivity index (χ4n) is 3.03. The van der Waals surface area contributed by atoms with Gasteiger partial charge in [-0.3, -0.25) is 0 Å². The van der Waals surface area contributed by atoms with Gasteiger partial charge in [0.15, 0.2) is 5.65 Å². The summed E-state index contributed by atoms with van der Waals surface area (Å²) in [7, 11) is 0. The number of nitrogens with zero attached hydrogens (tertiary/aromatic N) is 3. The zero-order chi connectivity index (χ0) is 13.7. The summed E-state index contributed by atoms with van der Waals surface area (Å²) in [6.45, 7) is 3.18. The summed E-state index contributed by atoms with van der Waals surface area (Å²) in [4.78, 5) is 6.85. The predicted molar refractivity (Wildman–Crippen MR) is 82.0 cm³/mol. The maximum atomic E-state index is 6.03. The van der Waals surface area contributed by atoms with Crippen LogP contribution in [0.5, 0.6) is 0 Å². The van der Waals surface area contributed by atoms with Crippen LogP contribution >= 0.6 is 11.8 Å². The summed E-state index contributed by atoms with van der Waals surface area (Å²) >= 11 is 6.03. The van der Waals surface area contributed by atoms with Crippen LogP contribution in [-0.4, -0.2) is 9.07 Å². The minimum absolute atomic E-state index is 0.378. The number of aromatic nitrogens is 2. The van der Waals surface area contributed by atoms with Crippen molar-refractivity contribution in [2.45, 2.75) is 19.5 Å². The predicted octanol–water partition coefficient (Wildman–Crippen LogP) is 4.12. The van der Waals surface area contributed by atoms with Crippen molar-refractivity contribution in [2.24, 2.45) is 0 Å². The topological polar surface area (TPSA) is 21.1 Å². The van der Waals surface area contributed by atoms with Gasteiger partial charge in [-0.05, 0) is 30.2 Å². The average molecular weight is 284 g/mol. The Balaban J connectivity index is 1.77. The van der Waals surface area contributed by atoms with Crippen LogP contribution in [0.15, 0.2) is 48.8 Å². The van der Waals surface area contributed by atoms with E-state index < -0.39 is 0 Å². The molecular formula is C16H14ClN3. The molecule has 0 spiro atoms. The molecule has 0 N–H and O–H groups in total. The Bertz CT molecular complexity index is 793. The highest BCUT2D eigenvalue weighted by atomic mass is 35.5. The van der Waals surface area contributed by atoms with E-state index in [1.54, 1.807) is 0 Å². The molecule has 3 aromatic rings. The standard InChI is InChI=1S/C16H14ClN3/c1-11-15-5-3-2-4-13(15)10-19(11)14-8-12-6-7-20(17)16(12)18-9-14/h2-9,11H,10H2,1H3. The van der Waals surface area contributed by atoms with Crippen molar-refractivity contribution < 1.29 is 0 Å². The van der Waals surface area contributed by atoms with Gasteiger partial charge in [0.2, 0.25) is 0 Å². The molecule has 0 fully saturated rings. The third-order valence-corrected chi connectivity index (χ3v) is 4.39.